The van der Waals surface area contributed by atoms with Gasteiger partial charge in [-0.2, -0.15) is 0 Å². The van der Waals surface area contributed by atoms with E-state index in [0.717, 1.165) is 0 Å². The third-order valence-corrected chi connectivity index (χ3v) is 1.21. The lowest BCUT2D eigenvalue weighted by Gasteiger charge is -2.20. The minimum atomic E-state index is -2.54. The van der Waals surface area contributed by atoms with E-state index in [0.29, 0.717) is 0 Å². The van der Waals surface area contributed by atoms with E-state index in [4.69, 9.17) is 4.74 Å². The van der Waals surface area contributed by atoms with E-state index in [1.54, 1.807) is 20.8 Å². The highest BCUT2D eigenvalue weighted by atomic mass is 19.3. The van der Waals surface area contributed by atoms with Crippen LogP contribution in [0.5, 0.6) is 0 Å². The predicted molar refractivity (Wildman–Crippen MR) is 51.8 cm³/mol. The molecule has 0 radical (unpaired) electrons. The van der Waals surface area contributed by atoms with Crippen LogP contribution in [0.1, 0.15) is 20.8 Å². The van der Waals surface area contributed by atoms with Gasteiger partial charge in [0.25, 0.3) is 6.43 Å². The summed E-state index contributed by atoms with van der Waals surface area (Å²) in [6.07, 6.45) is -2.54. The quantitative estimate of drug-likeness (QED) is 0.528. The average molecular weight is 222 g/mol. The minimum absolute atomic E-state index is 0.0329. The lowest BCUT2D eigenvalue weighted by Crippen LogP contribution is -2.26. The molecule has 0 atom stereocenters. The fourth-order valence-electron chi connectivity index (χ4n) is 0.680. The van der Waals surface area contributed by atoms with Crippen LogP contribution < -0.4 is 0 Å². The van der Waals surface area contributed by atoms with Gasteiger partial charge in [-0.25, -0.2) is 13.6 Å². The Labute approximate surface area is 88.1 Å². The Morgan fingerprint density at radius 3 is 2.33 bits per heavy atom. The molecule has 15 heavy (non-hydrogen) atoms. The lowest BCUT2D eigenvalue weighted by molar-refractivity contribution is -0.150. The minimum Gasteiger partial charge on any atom is -0.457 e. The van der Waals surface area contributed by atoms with Crippen molar-refractivity contribution in [3.8, 4) is 0 Å². The second-order valence-electron chi connectivity index (χ2n) is 4.01. The Bertz CT molecular complexity index is 231. The zero-order chi connectivity index (χ0) is 12.1. The summed E-state index contributed by atoms with van der Waals surface area (Å²) < 4.78 is 32.9. The van der Waals surface area contributed by atoms with E-state index in [1.807, 2.05) is 0 Å². The van der Waals surface area contributed by atoms with Crippen molar-refractivity contribution in [2.24, 2.45) is 0 Å². The predicted octanol–water partition coefficient (Wildman–Crippen LogP) is 2.17. The molecule has 3 nitrogen and oxygen atoms in total. The maximum Gasteiger partial charge on any atom is 0.336 e. The highest BCUT2D eigenvalue weighted by molar-refractivity contribution is 5.88. The second-order valence-corrected chi connectivity index (χ2v) is 4.01. The second kappa shape index (κ2) is 5.80. The van der Waals surface area contributed by atoms with Crippen LogP contribution in [0, 0.1) is 0 Å². The summed E-state index contributed by atoms with van der Waals surface area (Å²) in [6, 6.07) is 0. The van der Waals surface area contributed by atoms with E-state index in [-0.39, 0.29) is 12.2 Å². The number of esters is 1. The smallest absolute Gasteiger partial charge is 0.336 e. The molecular formula is C10H16F2O3. The SMILES string of the molecule is C=C(COCC(F)F)C(=O)OC(C)(C)C. The van der Waals surface area contributed by atoms with Gasteiger partial charge in [0.1, 0.15) is 12.2 Å². The molecule has 0 N–H and O–H groups in total. The topological polar surface area (TPSA) is 35.5 Å². The first-order valence-electron chi connectivity index (χ1n) is 4.49. The average Bonchev–Trinajstić information content (AvgIpc) is 1.99. The molecule has 0 aliphatic carbocycles. The van der Waals surface area contributed by atoms with E-state index < -0.39 is 24.6 Å². The Kier molecular flexibility index (Phi) is 5.43. The first-order valence-corrected chi connectivity index (χ1v) is 4.49. The molecule has 5 heteroatoms. The molecule has 0 aromatic carbocycles. The normalized spacial score (nSPS) is 11.6. The largest absolute Gasteiger partial charge is 0.457 e. The molecule has 0 spiro atoms. The van der Waals surface area contributed by atoms with E-state index >= 15 is 0 Å². The third kappa shape index (κ3) is 8.05. The van der Waals surface area contributed by atoms with E-state index in [2.05, 4.69) is 11.3 Å². The molecule has 0 aliphatic heterocycles. The molecule has 0 saturated heterocycles. The van der Waals surface area contributed by atoms with Crippen LogP contribution in [0.2, 0.25) is 0 Å². The number of ether oxygens (including phenoxy) is 2. The van der Waals surface area contributed by atoms with Gasteiger partial charge < -0.3 is 9.47 Å². The van der Waals surface area contributed by atoms with Crippen molar-refractivity contribution in [3.05, 3.63) is 12.2 Å². The van der Waals surface area contributed by atoms with Crippen molar-refractivity contribution >= 4 is 5.97 Å². The summed E-state index contributed by atoms with van der Waals surface area (Å²) >= 11 is 0. The fraction of sp³-hybridized carbons (Fsp3) is 0.700. The molecule has 0 amide bonds. The van der Waals surface area contributed by atoms with Gasteiger partial charge in [0.05, 0.1) is 12.2 Å². The molecule has 0 heterocycles. The Balaban J connectivity index is 3.86. The Morgan fingerprint density at radius 2 is 1.93 bits per heavy atom. The standard InChI is InChI=1S/C10H16F2O3/c1-7(5-14-6-8(11)12)9(13)15-10(2,3)4/h8H,1,5-6H2,2-4H3. The number of alkyl halides is 2. The van der Waals surface area contributed by atoms with Crippen LogP contribution in [0.4, 0.5) is 8.78 Å². The van der Waals surface area contributed by atoms with E-state index in [1.165, 1.54) is 0 Å². The van der Waals surface area contributed by atoms with Crippen LogP contribution in [-0.2, 0) is 14.3 Å². The maximum atomic E-state index is 11.7. The Hall–Kier alpha value is -0.970. The summed E-state index contributed by atoms with van der Waals surface area (Å²) in [7, 11) is 0. The van der Waals surface area contributed by atoms with Crippen LogP contribution in [0.3, 0.4) is 0 Å². The van der Waals surface area contributed by atoms with Crippen molar-refractivity contribution in [3.63, 3.8) is 0 Å². The summed E-state index contributed by atoms with van der Waals surface area (Å²) in [4.78, 5) is 11.2. The van der Waals surface area contributed by atoms with Crippen molar-refractivity contribution < 1.29 is 23.0 Å². The van der Waals surface area contributed by atoms with Gasteiger partial charge in [-0.3, -0.25) is 0 Å². The molecule has 88 valence electrons. The summed E-state index contributed by atoms with van der Waals surface area (Å²) in [5, 5.41) is 0. The first-order chi connectivity index (χ1) is 6.72. The fourth-order valence-corrected chi connectivity index (χ4v) is 0.680. The van der Waals surface area contributed by atoms with Crippen LogP contribution >= 0.6 is 0 Å². The molecule has 0 aliphatic rings. The van der Waals surface area contributed by atoms with Crippen LogP contribution in [0.15, 0.2) is 12.2 Å². The third-order valence-electron chi connectivity index (χ3n) is 1.21. The van der Waals surface area contributed by atoms with Gasteiger partial charge in [-0.15, -0.1) is 0 Å². The van der Waals surface area contributed by atoms with Gasteiger partial charge in [0.2, 0.25) is 0 Å². The molecule has 0 fully saturated rings. The molecular weight excluding hydrogens is 206 g/mol. The highest BCUT2D eigenvalue weighted by Crippen LogP contribution is 2.10. The number of carbonyl (C=O) groups excluding carboxylic acids is 1. The molecule has 0 aromatic heterocycles. The van der Waals surface area contributed by atoms with Gasteiger partial charge in [-0.05, 0) is 20.8 Å². The summed E-state index contributed by atoms with van der Waals surface area (Å²) in [5.74, 6) is -0.628. The molecule has 0 saturated carbocycles. The van der Waals surface area contributed by atoms with Gasteiger partial charge in [0.15, 0.2) is 0 Å². The summed E-state index contributed by atoms with van der Waals surface area (Å²) in [5.41, 5.74) is -0.589. The van der Waals surface area contributed by atoms with Crippen molar-refractivity contribution in [2.75, 3.05) is 13.2 Å². The van der Waals surface area contributed by atoms with Crippen molar-refractivity contribution in [1.82, 2.24) is 0 Å². The highest BCUT2D eigenvalue weighted by Gasteiger charge is 2.18. The number of carbonyl (C=O) groups is 1. The molecule has 0 rings (SSSR count). The van der Waals surface area contributed by atoms with Crippen molar-refractivity contribution in [1.29, 1.82) is 0 Å². The number of halogens is 2. The van der Waals surface area contributed by atoms with Gasteiger partial charge >= 0.3 is 5.97 Å². The lowest BCUT2D eigenvalue weighted by atomic mass is 10.2. The number of hydrogen-bond donors (Lipinski definition) is 0. The molecule has 0 bridgehead atoms. The maximum absolute atomic E-state index is 11.7. The zero-order valence-electron chi connectivity index (χ0n) is 9.18. The van der Waals surface area contributed by atoms with Gasteiger partial charge in [0, 0.05) is 0 Å². The number of rotatable bonds is 5. The Morgan fingerprint density at radius 1 is 1.40 bits per heavy atom. The first kappa shape index (κ1) is 14.0. The van der Waals surface area contributed by atoms with Crippen molar-refractivity contribution in [2.45, 2.75) is 32.8 Å². The van der Waals surface area contributed by atoms with Crippen LogP contribution in [0.25, 0.3) is 0 Å². The molecule has 0 unspecified atom stereocenters. The summed E-state index contributed by atoms with van der Waals surface area (Å²) in [6.45, 7) is 7.57. The number of hydrogen-bond acceptors (Lipinski definition) is 3. The van der Waals surface area contributed by atoms with Gasteiger partial charge in [-0.1, -0.05) is 6.58 Å². The monoisotopic (exact) mass is 222 g/mol. The van der Waals surface area contributed by atoms with Crippen LogP contribution in [-0.4, -0.2) is 31.2 Å². The van der Waals surface area contributed by atoms with E-state index in [9.17, 15) is 13.6 Å². The molecule has 0 aromatic rings. The zero-order valence-corrected chi connectivity index (χ0v) is 9.18.